The van der Waals surface area contributed by atoms with E-state index in [1.165, 1.54) is 64.2 Å². The lowest BCUT2D eigenvalue weighted by molar-refractivity contribution is -0.727. The van der Waals surface area contributed by atoms with E-state index in [4.69, 9.17) is 0 Å². The molecule has 25 heavy (non-hydrogen) atoms. The van der Waals surface area contributed by atoms with Gasteiger partial charge in [-0.25, -0.2) is 9.13 Å². The summed E-state index contributed by atoms with van der Waals surface area (Å²) in [5.41, 5.74) is 2.11. The monoisotopic (exact) mass is 339 g/mol. The molecule has 0 radical (unpaired) electrons. The van der Waals surface area contributed by atoms with Crippen LogP contribution in [0, 0.1) is 23.7 Å². The smallest absolute Gasteiger partial charge is 0.234 e. The molecule has 136 valence electrons. The highest BCUT2D eigenvalue weighted by Crippen LogP contribution is 2.47. The van der Waals surface area contributed by atoms with Gasteiger partial charge in [-0.2, -0.15) is 0 Å². The maximum atomic E-state index is 2.63. The molecular weight excluding hydrogens is 304 g/mol. The zero-order valence-corrected chi connectivity index (χ0v) is 16.2. The number of imidazole rings is 1. The van der Waals surface area contributed by atoms with Crippen molar-refractivity contribution in [1.29, 1.82) is 0 Å². The first-order chi connectivity index (χ1) is 12.1. The van der Waals surface area contributed by atoms with Gasteiger partial charge in [0.2, 0.25) is 6.33 Å². The third kappa shape index (κ3) is 2.90. The molecule has 1 aromatic heterocycles. The minimum atomic E-state index is 0.381. The Bertz CT molecular complexity index is 653. The highest BCUT2D eigenvalue weighted by atomic mass is 15.2. The van der Waals surface area contributed by atoms with Crippen LogP contribution in [0.5, 0.6) is 0 Å². The summed E-state index contributed by atoms with van der Waals surface area (Å²) in [6.45, 7) is 4.89. The maximum absolute atomic E-state index is 2.63. The quantitative estimate of drug-likeness (QED) is 0.504. The summed E-state index contributed by atoms with van der Waals surface area (Å²) in [6.07, 6.45) is 23.9. The van der Waals surface area contributed by atoms with Crippen molar-refractivity contribution in [2.75, 3.05) is 0 Å². The van der Waals surface area contributed by atoms with Gasteiger partial charge in [-0.1, -0.05) is 25.5 Å². The van der Waals surface area contributed by atoms with Crippen LogP contribution in [0.4, 0.5) is 0 Å². The van der Waals surface area contributed by atoms with E-state index in [1.54, 1.807) is 5.57 Å². The van der Waals surface area contributed by atoms with Gasteiger partial charge in [0.15, 0.2) is 0 Å². The van der Waals surface area contributed by atoms with Crippen molar-refractivity contribution in [3.63, 3.8) is 0 Å². The molecule has 4 atom stereocenters. The molecule has 0 saturated heterocycles. The zero-order valence-electron chi connectivity index (χ0n) is 16.2. The summed E-state index contributed by atoms with van der Waals surface area (Å²) < 4.78 is 5.23. The van der Waals surface area contributed by atoms with Gasteiger partial charge in [-0.05, 0) is 81.5 Å². The molecule has 0 aromatic carbocycles. The topological polar surface area (TPSA) is 8.81 Å². The lowest BCUT2D eigenvalue weighted by Gasteiger charge is -2.41. The lowest BCUT2D eigenvalue weighted by atomic mass is 9.67. The van der Waals surface area contributed by atoms with Gasteiger partial charge in [-0.15, -0.1) is 0 Å². The Kier molecular flexibility index (Phi) is 3.87. The number of nitrogens with zero attached hydrogens (tertiary/aromatic N) is 2. The van der Waals surface area contributed by atoms with Gasteiger partial charge in [-0.3, -0.25) is 0 Å². The molecule has 3 fully saturated rings. The van der Waals surface area contributed by atoms with Crippen LogP contribution in [0.15, 0.2) is 30.4 Å². The first-order valence-corrected chi connectivity index (χ1v) is 10.9. The molecule has 3 saturated carbocycles. The number of hydrogen-bond acceptors (Lipinski definition) is 0. The fraction of sp³-hybridized carbons (Fsp3) is 0.783. The minimum Gasteiger partial charge on any atom is -0.234 e. The van der Waals surface area contributed by atoms with Gasteiger partial charge < -0.3 is 0 Å². The van der Waals surface area contributed by atoms with Gasteiger partial charge in [0, 0.05) is 6.42 Å². The highest BCUT2D eigenvalue weighted by Gasteiger charge is 2.44. The number of aromatic nitrogens is 2. The summed E-state index contributed by atoms with van der Waals surface area (Å²) >= 11 is 0. The molecule has 1 aromatic rings. The summed E-state index contributed by atoms with van der Waals surface area (Å²) in [4.78, 5) is 0. The van der Waals surface area contributed by atoms with Crippen LogP contribution in [0.1, 0.15) is 84.1 Å². The zero-order chi connectivity index (χ0) is 17.0. The number of fused-ring (bicyclic) bond motifs is 4. The second kappa shape index (κ2) is 5.99. The fourth-order valence-corrected chi connectivity index (χ4v) is 7.21. The first kappa shape index (κ1) is 16.1. The third-order valence-electron chi connectivity index (χ3n) is 7.89. The van der Waals surface area contributed by atoms with E-state index in [0.29, 0.717) is 5.54 Å². The molecule has 5 rings (SSSR count). The van der Waals surface area contributed by atoms with E-state index in [1.807, 2.05) is 0 Å². The summed E-state index contributed by atoms with van der Waals surface area (Å²) in [6, 6.07) is 0.758. The van der Waals surface area contributed by atoms with Crippen molar-refractivity contribution < 1.29 is 4.57 Å². The largest absolute Gasteiger partial charge is 0.244 e. The second-order valence-corrected chi connectivity index (χ2v) is 10.2. The SMILES string of the molecule is CC1C=C2CCCC(n3cc[n+](C4CC5CC(C)CC(C5)C4)c3)(C2)C1. The lowest BCUT2D eigenvalue weighted by Crippen LogP contribution is -2.46. The van der Waals surface area contributed by atoms with Gasteiger partial charge in [0.1, 0.15) is 24.0 Å². The predicted molar refractivity (Wildman–Crippen MR) is 101 cm³/mol. The summed E-state index contributed by atoms with van der Waals surface area (Å²) in [5, 5.41) is 0. The van der Waals surface area contributed by atoms with Gasteiger partial charge in [0.25, 0.3) is 0 Å². The van der Waals surface area contributed by atoms with Crippen LogP contribution >= 0.6 is 0 Å². The molecule has 0 spiro atoms. The molecule has 4 aliphatic carbocycles. The van der Waals surface area contributed by atoms with Crippen LogP contribution in [-0.4, -0.2) is 4.57 Å². The van der Waals surface area contributed by atoms with E-state index < -0.39 is 0 Å². The second-order valence-electron chi connectivity index (χ2n) is 10.2. The molecule has 1 heterocycles. The number of hydrogen-bond donors (Lipinski definition) is 0. The molecule has 4 unspecified atom stereocenters. The molecule has 0 amide bonds. The average Bonchev–Trinajstić information content (AvgIpc) is 3.04. The van der Waals surface area contributed by atoms with Crippen molar-refractivity contribution >= 4 is 0 Å². The molecule has 0 aliphatic heterocycles. The van der Waals surface area contributed by atoms with E-state index >= 15 is 0 Å². The van der Waals surface area contributed by atoms with E-state index in [0.717, 1.165) is 29.7 Å². The van der Waals surface area contributed by atoms with Crippen molar-refractivity contribution in [3.8, 4) is 0 Å². The van der Waals surface area contributed by atoms with Crippen LogP contribution in [0.3, 0.4) is 0 Å². The fourth-order valence-electron chi connectivity index (χ4n) is 7.21. The highest BCUT2D eigenvalue weighted by molar-refractivity contribution is 5.18. The first-order valence-electron chi connectivity index (χ1n) is 10.9. The van der Waals surface area contributed by atoms with E-state index in [2.05, 4.69) is 47.8 Å². The van der Waals surface area contributed by atoms with Crippen molar-refractivity contribution in [3.05, 3.63) is 30.4 Å². The Balaban J connectivity index is 1.38. The Morgan fingerprint density at radius 2 is 1.88 bits per heavy atom. The Hall–Kier alpha value is -1.05. The normalized spacial score (nSPS) is 43.6. The Labute approximate surface area is 153 Å². The number of allylic oxidation sites excluding steroid dienone is 2. The van der Waals surface area contributed by atoms with Crippen molar-refractivity contribution in [2.24, 2.45) is 23.7 Å². The molecule has 0 N–H and O–H groups in total. The molecule has 4 aliphatic rings. The van der Waals surface area contributed by atoms with Crippen LogP contribution < -0.4 is 4.57 Å². The maximum Gasteiger partial charge on any atom is 0.244 e. The average molecular weight is 340 g/mol. The van der Waals surface area contributed by atoms with Gasteiger partial charge >= 0.3 is 0 Å². The summed E-state index contributed by atoms with van der Waals surface area (Å²) in [5.74, 6) is 3.69. The predicted octanol–water partition coefficient (Wildman–Crippen LogP) is 5.40. The van der Waals surface area contributed by atoms with Crippen molar-refractivity contribution in [2.45, 2.75) is 89.6 Å². The molecule has 2 heteroatoms. The van der Waals surface area contributed by atoms with Crippen LogP contribution in [-0.2, 0) is 5.54 Å². The third-order valence-corrected chi connectivity index (χ3v) is 7.89. The standard InChI is InChI=1S/C23H35N2/c1-17-8-20-11-21(9-17)13-22(12-20)24-6-7-25(16-24)23-5-3-4-19(15-23)10-18(2)14-23/h6-7,10,16-18,20-22H,3-5,8-9,11-15H2,1-2H3/q+1. The number of rotatable bonds is 2. The minimum absolute atomic E-state index is 0.381. The Morgan fingerprint density at radius 1 is 1.08 bits per heavy atom. The van der Waals surface area contributed by atoms with Gasteiger partial charge in [0.05, 0.1) is 0 Å². The van der Waals surface area contributed by atoms with E-state index in [9.17, 15) is 0 Å². The molecule has 2 nitrogen and oxygen atoms in total. The van der Waals surface area contributed by atoms with Crippen LogP contribution in [0.25, 0.3) is 0 Å². The van der Waals surface area contributed by atoms with E-state index in [-0.39, 0.29) is 0 Å². The summed E-state index contributed by atoms with van der Waals surface area (Å²) in [7, 11) is 0. The van der Waals surface area contributed by atoms with Crippen molar-refractivity contribution in [1.82, 2.24) is 4.57 Å². The molecular formula is C23H35N2+. The Morgan fingerprint density at radius 3 is 2.68 bits per heavy atom. The molecule has 4 bridgehead atoms. The van der Waals surface area contributed by atoms with Crippen LogP contribution in [0.2, 0.25) is 0 Å².